The maximum absolute atomic E-state index is 13.9. The third-order valence-corrected chi connectivity index (χ3v) is 3.19. The summed E-state index contributed by atoms with van der Waals surface area (Å²) in [7, 11) is 1.22. The molecule has 98 valence electrons. The summed E-state index contributed by atoms with van der Waals surface area (Å²) in [6, 6.07) is 5.72. The fourth-order valence-electron chi connectivity index (χ4n) is 1.52. The number of methoxy groups -OCH3 is 1. The van der Waals surface area contributed by atoms with E-state index >= 15 is 0 Å². The van der Waals surface area contributed by atoms with E-state index in [1.807, 2.05) is 0 Å². The highest BCUT2D eigenvalue weighted by Crippen LogP contribution is 2.29. The number of benzene rings is 1. The predicted octanol–water partition coefficient (Wildman–Crippen LogP) is 3.98. The highest BCUT2D eigenvalue weighted by atomic mass is 35.5. The second kappa shape index (κ2) is 5.55. The van der Waals surface area contributed by atoms with Crippen molar-refractivity contribution in [3.63, 3.8) is 0 Å². The second-order valence-electron chi connectivity index (χ2n) is 3.67. The van der Waals surface area contributed by atoms with Crippen LogP contribution in [0, 0.1) is 5.82 Å². The van der Waals surface area contributed by atoms with Gasteiger partial charge in [0.2, 0.25) is 0 Å². The summed E-state index contributed by atoms with van der Waals surface area (Å²) in [4.78, 5) is 15.2. The Morgan fingerprint density at radius 2 is 2.00 bits per heavy atom. The van der Waals surface area contributed by atoms with E-state index in [1.54, 1.807) is 12.1 Å². The summed E-state index contributed by atoms with van der Waals surface area (Å²) in [6.07, 6.45) is 1.24. The molecule has 0 bridgehead atoms. The van der Waals surface area contributed by atoms with Crippen LogP contribution >= 0.6 is 23.2 Å². The number of esters is 1. The van der Waals surface area contributed by atoms with Gasteiger partial charge < -0.3 is 4.74 Å². The molecule has 2 rings (SSSR count). The number of aromatic nitrogens is 1. The Bertz CT molecular complexity index is 647. The summed E-state index contributed by atoms with van der Waals surface area (Å²) in [5.41, 5.74) is 0.610. The van der Waals surface area contributed by atoms with Crippen molar-refractivity contribution in [2.75, 3.05) is 7.11 Å². The molecule has 0 saturated heterocycles. The molecule has 0 saturated carbocycles. The summed E-state index contributed by atoms with van der Waals surface area (Å²) in [6.45, 7) is 0. The molecule has 0 aliphatic carbocycles. The molecule has 2 aromatic rings. The lowest BCUT2D eigenvalue weighted by Crippen LogP contribution is -2.03. The smallest absolute Gasteiger partial charge is 0.339 e. The van der Waals surface area contributed by atoms with Crippen LogP contribution in [-0.4, -0.2) is 18.1 Å². The number of rotatable bonds is 2. The highest BCUT2D eigenvalue weighted by molar-refractivity contribution is 6.42. The van der Waals surface area contributed by atoms with Gasteiger partial charge in [-0.1, -0.05) is 29.3 Å². The Labute approximate surface area is 118 Å². The molecule has 0 radical (unpaired) electrons. The van der Waals surface area contributed by atoms with Crippen molar-refractivity contribution in [2.45, 2.75) is 0 Å². The Morgan fingerprint density at radius 3 is 2.58 bits per heavy atom. The van der Waals surface area contributed by atoms with Crippen LogP contribution in [0.4, 0.5) is 4.39 Å². The van der Waals surface area contributed by atoms with Crippen molar-refractivity contribution in [3.8, 4) is 11.3 Å². The van der Waals surface area contributed by atoms with Gasteiger partial charge in [0, 0.05) is 11.8 Å². The van der Waals surface area contributed by atoms with Gasteiger partial charge in [0.25, 0.3) is 0 Å². The number of halogens is 3. The molecule has 0 aliphatic heterocycles. The molecule has 0 atom stereocenters. The first-order chi connectivity index (χ1) is 9.02. The van der Waals surface area contributed by atoms with E-state index in [-0.39, 0.29) is 11.3 Å². The second-order valence-corrected chi connectivity index (χ2v) is 4.49. The van der Waals surface area contributed by atoms with E-state index in [0.29, 0.717) is 15.6 Å². The molecule has 0 fully saturated rings. The van der Waals surface area contributed by atoms with Crippen molar-refractivity contribution in [2.24, 2.45) is 0 Å². The third kappa shape index (κ3) is 2.85. The molecule has 0 unspecified atom stereocenters. The number of ether oxygens (including phenoxy) is 1. The first-order valence-electron chi connectivity index (χ1n) is 5.22. The van der Waals surface area contributed by atoms with Crippen LogP contribution in [-0.2, 0) is 4.74 Å². The average Bonchev–Trinajstić information content (AvgIpc) is 2.41. The monoisotopic (exact) mass is 299 g/mol. The van der Waals surface area contributed by atoms with E-state index in [1.165, 1.54) is 19.4 Å². The third-order valence-electron chi connectivity index (χ3n) is 2.46. The van der Waals surface area contributed by atoms with Crippen LogP contribution in [0.25, 0.3) is 11.3 Å². The maximum Gasteiger partial charge on any atom is 0.339 e. The first-order valence-corrected chi connectivity index (χ1v) is 5.98. The summed E-state index contributed by atoms with van der Waals surface area (Å²) in [5, 5.41) is 0.675. The van der Waals surface area contributed by atoms with Crippen molar-refractivity contribution in [1.29, 1.82) is 0 Å². The average molecular weight is 300 g/mol. The van der Waals surface area contributed by atoms with Crippen LogP contribution < -0.4 is 0 Å². The summed E-state index contributed by atoms with van der Waals surface area (Å²) in [5.74, 6) is -1.28. The number of hydrogen-bond acceptors (Lipinski definition) is 3. The normalized spacial score (nSPS) is 10.3. The molecular formula is C13H8Cl2FNO2. The van der Waals surface area contributed by atoms with Crippen molar-refractivity contribution < 1.29 is 13.9 Å². The fourth-order valence-corrected chi connectivity index (χ4v) is 1.82. The minimum Gasteiger partial charge on any atom is -0.465 e. The Kier molecular flexibility index (Phi) is 4.02. The number of hydrogen-bond donors (Lipinski definition) is 0. The van der Waals surface area contributed by atoms with E-state index in [0.717, 1.165) is 6.07 Å². The zero-order chi connectivity index (χ0) is 14.0. The Balaban J connectivity index is 2.46. The van der Waals surface area contributed by atoms with Gasteiger partial charge in [-0.15, -0.1) is 0 Å². The molecular weight excluding hydrogens is 292 g/mol. The SMILES string of the molecule is COC(=O)c1cnc(-c2ccc(Cl)c(Cl)c2)c(F)c1. The number of carbonyl (C=O) groups excluding carboxylic acids is 1. The lowest BCUT2D eigenvalue weighted by molar-refractivity contribution is 0.0599. The minimum atomic E-state index is -0.646. The maximum atomic E-state index is 13.9. The van der Waals surface area contributed by atoms with Gasteiger partial charge in [0.05, 0.1) is 22.7 Å². The molecule has 1 aromatic heterocycles. The van der Waals surface area contributed by atoms with Crippen molar-refractivity contribution >= 4 is 29.2 Å². The lowest BCUT2D eigenvalue weighted by atomic mass is 10.1. The van der Waals surface area contributed by atoms with E-state index in [4.69, 9.17) is 23.2 Å². The van der Waals surface area contributed by atoms with E-state index in [9.17, 15) is 9.18 Å². The zero-order valence-electron chi connectivity index (χ0n) is 9.78. The Hall–Kier alpha value is -1.65. The molecule has 1 aromatic carbocycles. The zero-order valence-corrected chi connectivity index (χ0v) is 11.3. The van der Waals surface area contributed by atoms with Gasteiger partial charge >= 0.3 is 5.97 Å². The van der Waals surface area contributed by atoms with Crippen molar-refractivity contribution in [3.05, 3.63) is 51.9 Å². The van der Waals surface area contributed by atoms with Crippen LogP contribution in [0.5, 0.6) is 0 Å². The largest absolute Gasteiger partial charge is 0.465 e. The number of pyridine rings is 1. The summed E-state index contributed by atoms with van der Waals surface area (Å²) < 4.78 is 18.4. The molecule has 1 heterocycles. The van der Waals surface area contributed by atoms with Gasteiger partial charge in [-0.25, -0.2) is 9.18 Å². The molecule has 0 N–H and O–H groups in total. The fraction of sp³-hybridized carbons (Fsp3) is 0.0769. The molecule has 0 amide bonds. The van der Waals surface area contributed by atoms with Gasteiger partial charge in [-0.3, -0.25) is 4.98 Å². The first kappa shape index (κ1) is 13.8. The van der Waals surface area contributed by atoms with Gasteiger partial charge in [-0.05, 0) is 18.2 Å². The van der Waals surface area contributed by atoms with Crippen LogP contribution in [0.15, 0.2) is 30.5 Å². The van der Waals surface area contributed by atoms with Crippen LogP contribution in [0.2, 0.25) is 10.0 Å². The molecule has 3 nitrogen and oxygen atoms in total. The van der Waals surface area contributed by atoms with Crippen LogP contribution in [0.1, 0.15) is 10.4 Å². The van der Waals surface area contributed by atoms with E-state index in [2.05, 4.69) is 9.72 Å². The molecule has 6 heteroatoms. The number of carbonyl (C=O) groups is 1. The standard InChI is InChI=1S/C13H8Cl2FNO2/c1-19-13(18)8-5-11(16)12(17-6-8)7-2-3-9(14)10(15)4-7/h2-6H,1H3. The van der Waals surface area contributed by atoms with Crippen molar-refractivity contribution in [1.82, 2.24) is 4.98 Å². The minimum absolute atomic E-state index is 0.0452. The summed E-state index contributed by atoms with van der Waals surface area (Å²) >= 11 is 11.7. The lowest BCUT2D eigenvalue weighted by Gasteiger charge is -2.05. The van der Waals surface area contributed by atoms with Gasteiger partial charge in [-0.2, -0.15) is 0 Å². The number of nitrogens with zero attached hydrogens (tertiary/aromatic N) is 1. The quantitative estimate of drug-likeness (QED) is 0.787. The van der Waals surface area contributed by atoms with Gasteiger partial charge in [0.15, 0.2) is 0 Å². The van der Waals surface area contributed by atoms with E-state index < -0.39 is 11.8 Å². The topological polar surface area (TPSA) is 39.2 Å². The molecule has 19 heavy (non-hydrogen) atoms. The Morgan fingerprint density at radius 1 is 1.26 bits per heavy atom. The molecule has 0 aliphatic rings. The predicted molar refractivity (Wildman–Crippen MR) is 71.0 cm³/mol. The molecule has 0 spiro atoms. The van der Waals surface area contributed by atoms with Crippen LogP contribution in [0.3, 0.4) is 0 Å². The highest BCUT2D eigenvalue weighted by Gasteiger charge is 2.13. The van der Waals surface area contributed by atoms with Gasteiger partial charge in [0.1, 0.15) is 11.5 Å².